The van der Waals surface area contributed by atoms with Crippen molar-refractivity contribution in [2.24, 2.45) is 0 Å². The van der Waals surface area contributed by atoms with Gasteiger partial charge >= 0.3 is 0 Å². The molecule has 1 aliphatic carbocycles. The average Bonchev–Trinajstić information content (AvgIpc) is 2.86. The van der Waals surface area contributed by atoms with Gasteiger partial charge in [-0.25, -0.2) is 0 Å². The molecule has 1 aromatic carbocycles. The van der Waals surface area contributed by atoms with Gasteiger partial charge in [0, 0.05) is 11.3 Å². The van der Waals surface area contributed by atoms with Crippen LogP contribution in [0.3, 0.4) is 0 Å². The molecule has 0 amide bonds. The van der Waals surface area contributed by atoms with Gasteiger partial charge in [-0.1, -0.05) is 23.8 Å². The molecule has 0 atom stereocenters. The van der Waals surface area contributed by atoms with Gasteiger partial charge in [0.2, 0.25) is 0 Å². The van der Waals surface area contributed by atoms with Gasteiger partial charge < -0.3 is 5.73 Å². The lowest BCUT2D eigenvalue weighted by molar-refractivity contribution is 1.50. The van der Waals surface area contributed by atoms with Crippen LogP contribution in [0.1, 0.15) is 25.3 Å². The zero-order valence-corrected chi connectivity index (χ0v) is 7.30. The van der Waals surface area contributed by atoms with Crippen molar-refractivity contribution < 1.29 is 0 Å². The highest BCUT2D eigenvalue weighted by Gasteiger charge is 2.16. The van der Waals surface area contributed by atoms with Crippen LogP contribution < -0.4 is 5.73 Å². The Bertz CT molecular complexity index is 331. The lowest BCUT2D eigenvalue weighted by atomic mass is 10.1. The maximum absolute atomic E-state index is 5.85. The number of nitrogens with two attached hydrogens (primary N) is 1. The minimum atomic E-state index is 0.898. The Kier molecular flexibility index (Phi) is 1.65. The summed E-state index contributed by atoms with van der Waals surface area (Å²) in [5.41, 5.74) is 10.9. The van der Waals surface area contributed by atoms with E-state index in [4.69, 9.17) is 5.73 Å². The number of nitrogen functional groups attached to an aromatic ring is 1. The molecule has 0 heterocycles. The molecule has 2 rings (SSSR count). The molecule has 1 nitrogen and oxygen atoms in total. The maximum Gasteiger partial charge on any atom is 0.0390 e. The monoisotopic (exact) mass is 159 g/mol. The van der Waals surface area contributed by atoms with Crippen molar-refractivity contribution in [3.05, 3.63) is 35.4 Å². The number of hydrogen-bond donors (Lipinski definition) is 1. The predicted molar refractivity (Wildman–Crippen MR) is 52.7 cm³/mol. The summed E-state index contributed by atoms with van der Waals surface area (Å²) in [7, 11) is 0. The second-order valence-electron chi connectivity index (χ2n) is 3.32. The molecule has 1 fully saturated rings. The smallest absolute Gasteiger partial charge is 0.0390 e. The first-order valence-corrected chi connectivity index (χ1v) is 4.32. The molecule has 1 saturated carbocycles. The van der Waals surface area contributed by atoms with Gasteiger partial charge in [0.1, 0.15) is 0 Å². The van der Waals surface area contributed by atoms with E-state index in [9.17, 15) is 0 Å². The zero-order chi connectivity index (χ0) is 8.55. The summed E-state index contributed by atoms with van der Waals surface area (Å²) >= 11 is 0. The van der Waals surface area contributed by atoms with Crippen LogP contribution in [0.25, 0.3) is 5.57 Å². The Balaban J connectivity index is 2.46. The summed E-state index contributed by atoms with van der Waals surface area (Å²) in [6, 6.07) is 8.07. The van der Waals surface area contributed by atoms with Crippen molar-refractivity contribution in [3.63, 3.8) is 0 Å². The fraction of sp³-hybridized carbons (Fsp3) is 0.273. The minimum absolute atomic E-state index is 0.898. The summed E-state index contributed by atoms with van der Waals surface area (Å²) < 4.78 is 0. The van der Waals surface area contributed by atoms with Crippen molar-refractivity contribution >= 4 is 11.3 Å². The topological polar surface area (TPSA) is 26.0 Å². The fourth-order valence-electron chi connectivity index (χ4n) is 1.47. The number of allylic oxidation sites excluding steroid dienone is 2. The zero-order valence-electron chi connectivity index (χ0n) is 7.30. The third-order valence-electron chi connectivity index (χ3n) is 2.40. The van der Waals surface area contributed by atoms with Gasteiger partial charge in [-0.3, -0.25) is 0 Å². The lowest BCUT2D eigenvalue weighted by Gasteiger charge is -2.04. The molecular formula is C11H13N. The van der Waals surface area contributed by atoms with Crippen LogP contribution >= 0.6 is 0 Å². The standard InChI is InChI=1S/C11H13N/c1-8(9-6-7-9)10-4-2-3-5-11(10)12/h2-5H,6-7,12H2,1H3. The van der Waals surface area contributed by atoms with Crippen LogP contribution in [0.2, 0.25) is 0 Å². The third kappa shape index (κ3) is 1.22. The molecule has 0 aromatic heterocycles. The van der Waals surface area contributed by atoms with Gasteiger partial charge in [0.25, 0.3) is 0 Å². The first-order valence-electron chi connectivity index (χ1n) is 4.32. The Labute approximate surface area is 72.9 Å². The number of anilines is 1. The molecule has 12 heavy (non-hydrogen) atoms. The highest BCUT2D eigenvalue weighted by Crippen LogP contribution is 2.37. The Hall–Kier alpha value is -1.24. The molecule has 1 aliphatic rings. The van der Waals surface area contributed by atoms with E-state index in [0.717, 1.165) is 5.69 Å². The molecular weight excluding hydrogens is 146 g/mol. The Morgan fingerprint density at radius 1 is 1.25 bits per heavy atom. The van der Waals surface area contributed by atoms with Crippen molar-refractivity contribution in [2.75, 3.05) is 5.73 Å². The number of hydrogen-bond acceptors (Lipinski definition) is 1. The SMILES string of the molecule is CC(=C1CC1)c1ccccc1N. The fourth-order valence-corrected chi connectivity index (χ4v) is 1.47. The molecule has 2 N–H and O–H groups in total. The quantitative estimate of drug-likeness (QED) is 0.626. The summed E-state index contributed by atoms with van der Waals surface area (Å²) in [5.74, 6) is 0. The second-order valence-corrected chi connectivity index (χ2v) is 3.32. The molecule has 0 bridgehead atoms. The van der Waals surface area contributed by atoms with Crippen LogP contribution in [0.5, 0.6) is 0 Å². The molecule has 1 aromatic rings. The van der Waals surface area contributed by atoms with Crippen molar-refractivity contribution in [2.45, 2.75) is 19.8 Å². The number of benzene rings is 1. The lowest BCUT2D eigenvalue weighted by Crippen LogP contribution is -1.90. The van der Waals surface area contributed by atoms with E-state index in [1.165, 1.54) is 24.0 Å². The molecule has 62 valence electrons. The van der Waals surface area contributed by atoms with Crippen LogP contribution in [0.15, 0.2) is 29.8 Å². The second kappa shape index (κ2) is 2.67. The summed E-state index contributed by atoms with van der Waals surface area (Å²) in [6.45, 7) is 2.16. The van der Waals surface area contributed by atoms with E-state index in [2.05, 4.69) is 13.0 Å². The van der Waals surface area contributed by atoms with Gasteiger partial charge in [-0.05, 0) is 31.4 Å². The summed E-state index contributed by atoms with van der Waals surface area (Å²) in [6.07, 6.45) is 2.53. The molecule has 0 radical (unpaired) electrons. The van der Waals surface area contributed by atoms with E-state index in [1.807, 2.05) is 18.2 Å². The van der Waals surface area contributed by atoms with Crippen LogP contribution in [-0.4, -0.2) is 0 Å². The van der Waals surface area contributed by atoms with E-state index < -0.39 is 0 Å². The van der Waals surface area contributed by atoms with Crippen molar-refractivity contribution in [1.29, 1.82) is 0 Å². The highest BCUT2D eigenvalue weighted by atomic mass is 14.6. The first-order chi connectivity index (χ1) is 5.79. The van der Waals surface area contributed by atoms with Crippen LogP contribution in [-0.2, 0) is 0 Å². The summed E-state index contributed by atoms with van der Waals surface area (Å²) in [4.78, 5) is 0. The molecule has 0 spiro atoms. The van der Waals surface area contributed by atoms with Gasteiger partial charge in [-0.15, -0.1) is 0 Å². The largest absolute Gasteiger partial charge is 0.398 e. The first kappa shape index (κ1) is 7.41. The van der Waals surface area contributed by atoms with Crippen LogP contribution in [0.4, 0.5) is 5.69 Å². The van der Waals surface area contributed by atoms with E-state index in [-0.39, 0.29) is 0 Å². The summed E-state index contributed by atoms with van der Waals surface area (Å²) in [5, 5.41) is 0. The molecule has 0 aliphatic heterocycles. The van der Waals surface area contributed by atoms with Crippen molar-refractivity contribution in [1.82, 2.24) is 0 Å². The highest BCUT2D eigenvalue weighted by molar-refractivity contribution is 5.77. The third-order valence-corrected chi connectivity index (χ3v) is 2.40. The van der Waals surface area contributed by atoms with E-state index in [0.29, 0.717) is 0 Å². The van der Waals surface area contributed by atoms with Gasteiger partial charge in [0.15, 0.2) is 0 Å². The maximum atomic E-state index is 5.85. The Morgan fingerprint density at radius 2 is 1.92 bits per heavy atom. The Morgan fingerprint density at radius 3 is 2.50 bits per heavy atom. The number of rotatable bonds is 1. The predicted octanol–water partition coefficient (Wildman–Crippen LogP) is 2.84. The normalized spacial score (nSPS) is 14.6. The number of para-hydroxylation sites is 1. The van der Waals surface area contributed by atoms with Crippen LogP contribution in [0, 0.1) is 0 Å². The van der Waals surface area contributed by atoms with Crippen molar-refractivity contribution in [3.8, 4) is 0 Å². The van der Waals surface area contributed by atoms with E-state index >= 15 is 0 Å². The molecule has 1 heteroatoms. The minimum Gasteiger partial charge on any atom is -0.398 e. The van der Waals surface area contributed by atoms with E-state index in [1.54, 1.807) is 5.57 Å². The van der Waals surface area contributed by atoms with Gasteiger partial charge in [0.05, 0.1) is 0 Å². The molecule has 0 unspecified atom stereocenters. The molecule has 0 saturated heterocycles. The average molecular weight is 159 g/mol. The van der Waals surface area contributed by atoms with Gasteiger partial charge in [-0.2, -0.15) is 0 Å².